The van der Waals surface area contributed by atoms with Crippen molar-refractivity contribution in [2.45, 2.75) is 58.2 Å². The van der Waals surface area contributed by atoms with Crippen LogP contribution in [0.5, 0.6) is 0 Å². The summed E-state index contributed by atoms with van der Waals surface area (Å²) in [5, 5.41) is 2.90. The second kappa shape index (κ2) is 7.58. The van der Waals surface area contributed by atoms with Crippen LogP contribution in [0.1, 0.15) is 45.7 Å². The van der Waals surface area contributed by atoms with Gasteiger partial charge in [-0.15, -0.1) is 0 Å². The molecule has 1 saturated heterocycles. The van der Waals surface area contributed by atoms with E-state index in [4.69, 9.17) is 4.74 Å². The Hall–Kier alpha value is -1.62. The third kappa shape index (κ3) is 5.64. The second-order valence-corrected chi connectivity index (χ2v) is 6.82. The first-order valence-corrected chi connectivity index (χ1v) is 8.05. The van der Waals surface area contributed by atoms with E-state index in [1.54, 1.807) is 0 Å². The maximum absolute atomic E-state index is 11.8. The van der Waals surface area contributed by atoms with Gasteiger partial charge >= 0.3 is 6.09 Å². The van der Waals surface area contributed by atoms with E-state index in [9.17, 15) is 4.79 Å². The third-order valence-corrected chi connectivity index (χ3v) is 3.72. The van der Waals surface area contributed by atoms with Crippen molar-refractivity contribution < 1.29 is 9.53 Å². The van der Waals surface area contributed by atoms with Crippen molar-refractivity contribution in [1.29, 1.82) is 0 Å². The van der Waals surface area contributed by atoms with Crippen LogP contribution in [0.4, 0.5) is 4.79 Å². The van der Waals surface area contributed by atoms with Crippen molar-refractivity contribution in [2.24, 2.45) is 0 Å². The van der Waals surface area contributed by atoms with Gasteiger partial charge in [0, 0.05) is 25.3 Å². The number of rotatable bonds is 4. The monoisotopic (exact) mass is 305 g/mol. The van der Waals surface area contributed by atoms with Crippen molar-refractivity contribution in [3.05, 3.63) is 30.1 Å². The number of ether oxygens (including phenoxy) is 1. The topological polar surface area (TPSA) is 54.5 Å². The van der Waals surface area contributed by atoms with E-state index in [0.717, 1.165) is 25.2 Å². The molecule has 1 aromatic heterocycles. The molecule has 2 rings (SSSR count). The molecule has 1 N–H and O–H groups in total. The number of nitrogens with one attached hydrogen (secondary N) is 1. The van der Waals surface area contributed by atoms with Gasteiger partial charge < -0.3 is 10.1 Å². The zero-order valence-electron chi connectivity index (χ0n) is 13.8. The van der Waals surface area contributed by atoms with Crippen molar-refractivity contribution in [2.75, 3.05) is 13.1 Å². The number of alkyl carbamates (subject to hydrolysis) is 1. The maximum Gasteiger partial charge on any atom is 0.407 e. The Morgan fingerprint density at radius 3 is 2.91 bits per heavy atom. The van der Waals surface area contributed by atoms with Gasteiger partial charge in [0.25, 0.3) is 0 Å². The summed E-state index contributed by atoms with van der Waals surface area (Å²) in [5.41, 5.74) is 0.622. The molecule has 0 aliphatic carbocycles. The highest BCUT2D eigenvalue weighted by atomic mass is 16.6. The van der Waals surface area contributed by atoms with Crippen LogP contribution in [0.25, 0.3) is 0 Å². The number of pyridine rings is 1. The number of hydrogen-bond donors (Lipinski definition) is 1. The number of amides is 1. The molecule has 0 saturated carbocycles. The van der Waals surface area contributed by atoms with Crippen molar-refractivity contribution in [3.63, 3.8) is 0 Å². The molecule has 22 heavy (non-hydrogen) atoms. The molecule has 1 amide bonds. The molecule has 1 aliphatic rings. The smallest absolute Gasteiger partial charge is 0.407 e. The Morgan fingerprint density at radius 2 is 2.23 bits per heavy atom. The number of aromatic nitrogens is 1. The number of hydrogen-bond acceptors (Lipinski definition) is 4. The van der Waals surface area contributed by atoms with Crippen LogP contribution in [-0.4, -0.2) is 40.7 Å². The summed E-state index contributed by atoms with van der Waals surface area (Å²) < 4.78 is 5.30. The minimum atomic E-state index is -0.454. The van der Waals surface area contributed by atoms with Gasteiger partial charge in [0.1, 0.15) is 5.60 Å². The van der Waals surface area contributed by atoms with Gasteiger partial charge in [-0.25, -0.2) is 4.79 Å². The fourth-order valence-electron chi connectivity index (χ4n) is 2.71. The van der Waals surface area contributed by atoms with E-state index in [-0.39, 0.29) is 6.09 Å². The molecule has 0 bridgehead atoms. The normalized spacial score (nSPS) is 19.7. The Bertz CT molecular complexity index is 471. The van der Waals surface area contributed by atoms with Crippen molar-refractivity contribution in [1.82, 2.24) is 15.2 Å². The Balaban J connectivity index is 1.86. The lowest BCUT2D eigenvalue weighted by Gasteiger charge is -2.35. The lowest BCUT2D eigenvalue weighted by molar-refractivity contribution is 0.0491. The van der Waals surface area contributed by atoms with Gasteiger partial charge in [0.2, 0.25) is 0 Å². The molecule has 1 aliphatic heterocycles. The predicted octanol–water partition coefficient (Wildman–Crippen LogP) is 2.96. The van der Waals surface area contributed by atoms with E-state index in [0.29, 0.717) is 12.6 Å². The van der Waals surface area contributed by atoms with E-state index in [1.165, 1.54) is 12.8 Å². The van der Waals surface area contributed by atoms with E-state index in [2.05, 4.69) is 15.2 Å². The number of carbonyl (C=O) groups is 1. The Morgan fingerprint density at radius 1 is 1.41 bits per heavy atom. The van der Waals surface area contributed by atoms with E-state index < -0.39 is 5.60 Å². The summed E-state index contributed by atoms with van der Waals surface area (Å²) in [6, 6.07) is 6.34. The fourth-order valence-corrected chi connectivity index (χ4v) is 2.71. The average Bonchev–Trinajstić information content (AvgIpc) is 2.46. The molecular weight excluding hydrogens is 278 g/mol. The molecule has 0 aromatic carbocycles. The first-order valence-electron chi connectivity index (χ1n) is 8.05. The van der Waals surface area contributed by atoms with Crippen LogP contribution < -0.4 is 5.32 Å². The van der Waals surface area contributed by atoms with Crippen LogP contribution >= 0.6 is 0 Å². The van der Waals surface area contributed by atoms with Gasteiger partial charge in [-0.3, -0.25) is 9.88 Å². The van der Waals surface area contributed by atoms with Crippen molar-refractivity contribution in [3.8, 4) is 0 Å². The standard InChI is InChI=1S/C17H27N3O2/c1-17(2,3)22-16(21)19-12-15-9-5-7-11-20(15)13-14-8-4-6-10-18-14/h4,6,8,10,15H,5,7,9,11-13H2,1-3H3,(H,19,21). The molecule has 2 heterocycles. The zero-order valence-corrected chi connectivity index (χ0v) is 13.8. The molecule has 1 unspecified atom stereocenters. The third-order valence-electron chi connectivity index (χ3n) is 3.72. The fraction of sp³-hybridized carbons (Fsp3) is 0.647. The number of carbonyl (C=O) groups excluding carboxylic acids is 1. The van der Waals surface area contributed by atoms with E-state index >= 15 is 0 Å². The van der Waals surface area contributed by atoms with Crippen LogP contribution in [0.2, 0.25) is 0 Å². The largest absolute Gasteiger partial charge is 0.444 e. The zero-order chi connectivity index (χ0) is 16.0. The summed E-state index contributed by atoms with van der Waals surface area (Å²) in [6.45, 7) is 8.14. The van der Waals surface area contributed by atoms with Crippen molar-refractivity contribution >= 4 is 6.09 Å². The first kappa shape index (κ1) is 16.7. The first-order chi connectivity index (χ1) is 10.4. The molecule has 122 valence electrons. The maximum atomic E-state index is 11.8. The number of nitrogens with zero attached hydrogens (tertiary/aromatic N) is 2. The van der Waals surface area contributed by atoms with Crippen LogP contribution in [0.15, 0.2) is 24.4 Å². The van der Waals surface area contributed by atoms with Crippen LogP contribution in [0.3, 0.4) is 0 Å². The summed E-state index contributed by atoms with van der Waals surface area (Å²) >= 11 is 0. The molecule has 0 spiro atoms. The highest BCUT2D eigenvalue weighted by Gasteiger charge is 2.24. The molecule has 5 heteroatoms. The molecule has 5 nitrogen and oxygen atoms in total. The predicted molar refractivity (Wildman–Crippen MR) is 86.5 cm³/mol. The molecule has 0 radical (unpaired) electrons. The second-order valence-electron chi connectivity index (χ2n) is 6.82. The minimum absolute atomic E-state index is 0.337. The van der Waals surface area contributed by atoms with Crippen LogP contribution in [-0.2, 0) is 11.3 Å². The molecule has 1 fully saturated rings. The SMILES string of the molecule is CC(C)(C)OC(=O)NCC1CCCCN1Cc1ccccn1. The highest BCUT2D eigenvalue weighted by Crippen LogP contribution is 2.18. The van der Waals surface area contributed by atoms with Gasteiger partial charge in [0.15, 0.2) is 0 Å². The highest BCUT2D eigenvalue weighted by molar-refractivity contribution is 5.67. The summed E-state index contributed by atoms with van der Waals surface area (Å²) in [5.74, 6) is 0. The Labute approximate surface area is 133 Å². The van der Waals surface area contributed by atoms with Gasteiger partial charge in [-0.2, -0.15) is 0 Å². The minimum Gasteiger partial charge on any atom is -0.444 e. The van der Waals surface area contributed by atoms with Gasteiger partial charge in [-0.1, -0.05) is 12.5 Å². The molecule has 1 aromatic rings. The lowest BCUT2D eigenvalue weighted by atomic mass is 10.0. The number of likely N-dealkylation sites (tertiary alicyclic amines) is 1. The summed E-state index contributed by atoms with van der Waals surface area (Å²) in [6.07, 6.45) is 5.00. The lowest BCUT2D eigenvalue weighted by Crippen LogP contribution is -2.47. The van der Waals surface area contributed by atoms with Gasteiger partial charge in [0.05, 0.1) is 5.69 Å². The quantitative estimate of drug-likeness (QED) is 0.929. The number of piperidine rings is 1. The summed E-state index contributed by atoms with van der Waals surface area (Å²) in [4.78, 5) is 18.6. The van der Waals surface area contributed by atoms with Gasteiger partial charge in [-0.05, 0) is 52.3 Å². The molecule has 1 atom stereocenters. The average molecular weight is 305 g/mol. The Kier molecular flexibility index (Phi) is 5.77. The van der Waals surface area contributed by atoms with Crippen LogP contribution in [0, 0.1) is 0 Å². The van der Waals surface area contributed by atoms with E-state index in [1.807, 2.05) is 45.2 Å². The summed E-state index contributed by atoms with van der Waals surface area (Å²) in [7, 11) is 0. The molecular formula is C17H27N3O2.